The SMILES string of the molecule is CCSCCC(C)NCC1Cc2cc(F)ccc2O1. The lowest BCUT2D eigenvalue weighted by molar-refractivity contribution is 0.222. The molecule has 0 fully saturated rings. The predicted octanol–water partition coefficient (Wildman–Crippen LogP) is 3.25. The van der Waals surface area contributed by atoms with Crippen molar-refractivity contribution in [3.63, 3.8) is 0 Å². The first-order chi connectivity index (χ1) is 9.19. The van der Waals surface area contributed by atoms with Crippen molar-refractivity contribution >= 4 is 11.8 Å². The van der Waals surface area contributed by atoms with Crippen molar-refractivity contribution < 1.29 is 9.13 Å². The highest BCUT2D eigenvalue weighted by Gasteiger charge is 2.23. The highest BCUT2D eigenvalue weighted by atomic mass is 32.2. The van der Waals surface area contributed by atoms with Gasteiger partial charge in [-0.05, 0) is 43.0 Å². The van der Waals surface area contributed by atoms with Gasteiger partial charge in [0.2, 0.25) is 0 Å². The fraction of sp³-hybridized carbons (Fsp3) is 0.600. The summed E-state index contributed by atoms with van der Waals surface area (Å²) < 4.78 is 18.9. The van der Waals surface area contributed by atoms with E-state index >= 15 is 0 Å². The Labute approximate surface area is 119 Å². The molecule has 1 aromatic rings. The summed E-state index contributed by atoms with van der Waals surface area (Å²) in [5.41, 5.74) is 0.987. The maximum Gasteiger partial charge on any atom is 0.123 e. The summed E-state index contributed by atoms with van der Waals surface area (Å²) in [6, 6.07) is 5.27. The van der Waals surface area contributed by atoms with E-state index in [0.717, 1.165) is 24.3 Å². The summed E-state index contributed by atoms with van der Waals surface area (Å²) in [6.45, 7) is 5.22. The van der Waals surface area contributed by atoms with Crippen LogP contribution in [0.25, 0.3) is 0 Å². The number of hydrogen-bond donors (Lipinski definition) is 1. The van der Waals surface area contributed by atoms with Crippen LogP contribution in [-0.4, -0.2) is 30.2 Å². The minimum atomic E-state index is -0.180. The number of nitrogens with one attached hydrogen (secondary N) is 1. The molecule has 2 atom stereocenters. The summed E-state index contributed by atoms with van der Waals surface area (Å²) in [5.74, 6) is 3.03. The lowest BCUT2D eigenvalue weighted by Crippen LogP contribution is -2.36. The van der Waals surface area contributed by atoms with Crippen molar-refractivity contribution in [1.82, 2.24) is 5.32 Å². The average Bonchev–Trinajstić information content (AvgIpc) is 2.78. The minimum absolute atomic E-state index is 0.137. The van der Waals surface area contributed by atoms with Crippen molar-refractivity contribution in [2.24, 2.45) is 0 Å². The van der Waals surface area contributed by atoms with Crippen LogP contribution in [0.4, 0.5) is 4.39 Å². The molecule has 0 bridgehead atoms. The van der Waals surface area contributed by atoms with Crippen LogP contribution in [0.1, 0.15) is 25.8 Å². The molecule has 0 spiro atoms. The fourth-order valence-corrected chi connectivity index (χ4v) is 3.05. The number of fused-ring (bicyclic) bond motifs is 1. The highest BCUT2D eigenvalue weighted by molar-refractivity contribution is 7.99. The first-order valence-electron chi connectivity index (χ1n) is 6.95. The number of rotatable bonds is 7. The lowest BCUT2D eigenvalue weighted by atomic mass is 10.1. The van der Waals surface area contributed by atoms with Gasteiger partial charge in [-0.3, -0.25) is 0 Å². The van der Waals surface area contributed by atoms with Crippen molar-refractivity contribution in [3.05, 3.63) is 29.6 Å². The van der Waals surface area contributed by atoms with E-state index in [9.17, 15) is 4.39 Å². The zero-order chi connectivity index (χ0) is 13.7. The van der Waals surface area contributed by atoms with Crippen LogP contribution in [0.2, 0.25) is 0 Å². The second kappa shape index (κ2) is 7.15. The molecule has 2 unspecified atom stereocenters. The topological polar surface area (TPSA) is 21.3 Å². The first kappa shape index (κ1) is 14.7. The Kier molecular flexibility index (Phi) is 5.52. The molecule has 19 heavy (non-hydrogen) atoms. The van der Waals surface area contributed by atoms with Gasteiger partial charge < -0.3 is 10.1 Å². The van der Waals surface area contributed by atoms with E-state index in [2.05, 4.69) is 19.2 Å². The zero-order valence-corrected chi connectivity index (χ0v) is 12.4. The maximum atomic E-state index is 13.1. The molecule has 0 saturated carbocycles. The van der Waals surface area contributed by atoms with E-state index in [-0.39, 0.29) is 11.9 Å². The van der Waals surface area contributed by atoms with Gasteiger partial charge in [0.15, 0.2) is 0 Å². The highest BCUT2D eigenvalue weighted by Crippen LogP contribution is 2.28. The molecule has 0 aliphatic carbocycles. The molecule has 4 heteroatoms. The Hall–Kier alpha value is -0.740. The van der Waals surface area contributed by atoms with Gasteiger partial charge in [-0.1, -0.05) is 6.92 Å². The van der Waals surface area contributed by atoms with Gasteiger partial charge in [0.25, 0.3) is 0 Å². The Bertz CT molecular complexity index is 413. The molecule has 0 radical (unpaired) electrons. The molecule has 106 valence electrons. The fourth-order valence-electron chi connectivity index (χ4n) is 2.24. The molecule has 0 amide bonds. The van der Waals surface area contributed by atoms with Gasteiger partial charge in [-0.15, -0.1) is 0 Å². The van der Waals surface area contributed by atoms with Crippen LogP contribution in [-0.2, 0) is 6.42 Å². The Balaban J connectivity index is 1.72. The summed E-state index contributed by atoms with van der Waals surface area (Å²) in [7, 11) is 0. The lowest BCUT2D eigenvalue weighted by Gasteiger charge is -2.17. The summed E-state index contributed by atoms with van der Waals surface area (Å²) in [5, 5.41) is 3.50. The molecule has 2 nitrogen and oxygen atoms in total. The van der Waals surface area contributed by atoms with E-state index in [1.54, 1.807) is 12.1 Å². The van der Waals surface area contributed by atoms with Gasteiger partial charge in [-0.2, -0.15) is 11.8 Å². The van der Waals surface area contributed by atoms with Crippen LogP contribution in [0, 0.1) is 5.82 Å². The van der Waals surface area contributed by atoms with Gasteiger partial charge >= 0.3 is 0 Å². The third-order valence-electron chi connectivity index (χ3n) is 3.36. The third-order valence-corrected chi connectivity index (χ3v) is 4.29. The van der Waals surface area contributed by atoms with Crippen LogP contribution in [0.5, 0.6) is 5.75 Å². The Morgan fingerprint density at radius 2 is 2.37 bits per heavy atom. The molecule has 1 N–H and O–H groups in total. The number of halogens is 1. The molecule has 0 saturated heterocycles. The standard InChI is InChI=1S/C15H22FNOS/c1-3-19-7-6-11(2)17-10-14-9-12-8-13(16)4-5-15(12)18-14/h4-5,8,11,14,17H,3,6-7,9-10H2,1-2H3. The van der Waals surface area contributed by atoms with Crippen LogP contribution in [0.15, 0.2) is 18.2 Å². The molecule has 2 rings (SSSR count). The van der Waals surface area contributed by atoms with Gasteiger partial charge in [0, 0.05) is 24.6 Å². The first-order valence-corrected chi connectivity index (χ1v) is 8.10. The zero-order valence-electron chi connectivity index (χ0n) is 11.6. The normalized spacial score (nSPS) is 19.0. The largest absolute Gasteiger partial charge is 0.488 e. The Morgan fingerprint density at radius 3 is 3.16 bits per heavy atom. The number of ether oxygens (including phenoxy) is 1. The van der Waals surface area contributed by atoms with E-state index < -0.39 is 0 Å². The second-order valence-corrected chi connectivity index (χ2v) is 6.38. The van der Waals surface area contributed by atoms with Crippen LogP contribution in [0.3, 0.4) is 0 Å². The molecule has 1 heterocycles. The molecule has 1 aliphatic rings. The second-order valence-electron chi connectivity index (χ2n) is 4.99. The number of thioether (sulfide) groups is 1. The van der Waals surface area contributed by atoms with Crippen molar-refractivity contribution in [2.45, 2.75) is 38.8 Å². The van der Waals surface area contributed by atoms with Gasteiger partial charge in [0.05, 0.1) is 0 Å². The third kappa shape index (κ3) is 4.39. The average molecular weight is 283 g/mol. The molecule has 1 aliphatic heterocycles. The molecular formula is C15H22FNOS. The number of benzene rings is 1. The quantitative estimate of drug-likeness (QED) is 0.776. The summed E-state index contributed by atoms with van der Waals surface area (Å²) in [6.07, 6.45) is 2.11. The molecule has 0 aromatic heterocycles. The predicted molar refractivity (Wildman–Crippen MR) is 79.6 cm³/mol. The van der Waals surface area contributed by atoms with Crippen LogP contribution >= 0.6 is 11.8 Å². The maximum absolute atomic E-state index is 13.1. The van der Waals surface area contributed by atoms with Crippen molar-refractivity contribution in [1.29, 1.82) is 0 Å². The van der Waals surface area contributed by atoms with E-state index in [0.29, 0.717) is 6.04 Å². The van der Waals surface area contributed by atoms with E-state index in [1.807, 2.05) is 11.8 Å². The Morgan fingerprint density at radius 1 is 1.53 bits per heavy atom. The smallest absolute Gasteiger partial charge is 0.123 e. The number of hydrogen-bond acceptors (Lipinski definition) is 3. The molecular weight excluding hydrogens is 261 g/mol. The van der Waals surface area contributed by atoms with E-state index in [4.69, 9.17) is 4.74 Å². The van der Waals surface area contributed by atoms with E-state index in [1.165, 1.54) is 24.0 Å². The van der Waals surface area contributed by atoms with Crippen molar-refractivity contribution in [3.8, 4) is 5.75 Å². The monoisotopic (exact) mass is 283 g/mol. The van der Waals surface area contributed by atoms with Crippen molar-refractivity contribution in [2.75, 3.05) is 18.1 Å². The summed E-state index contributed by atoms with van der Waals surface area (Å²) >= 11 is 1.97. The van der Waals surface area contributed by atoms with Crippen LogP contribution < -0.4 is 10.1 Å². The molecule has 1 aromatic carbocycles. The summed E-state index contributed by atoms with van der Waals surface area (Å²) in [4.78, 5) is 0. The van der Waals surface area contributed by atoms with Gasteiger partial charge in [-0.25, -0.2) is 4.39 Å². The van der Waals surface area contributed by atoms with Gasteiger partial charge in [0.1, 0.15) is 17.7 Å². The minimum Gasteiger partial charge on any atom is -0.488 e.